The van der Waals surface area contributed by atoms with Crippen LogP contribution in [0.4, 0.5) is 0 Å². The van der Waals surface area contributed by atoms with Gasteiger partial charge in [0.05, 0.1) is 18.1 Å². The second kappa shape index (κ2) is 4.89. The minimum Gasteiger partial charge on any atom is -0.359 e. The summed E-state index contributed by atoms with van der Waals surface area (Å²) in [4.78, 5) is 2.30. The first kappa shape index (κ1) is 13.1. The van der Waals surface area contributed by atoms with Gasteiger partial charge in [-0.25, -0.2) is 8.42 Å². The average molecular weight is 281 g/mol. The Kier molecular flexibility index (Phi) is 3.37. The number of ether oxygens (including phenoxy) is 1. The Labute approximate surface area is 114 Å². The predicted octanol–water partition coefficient (Wildman–Crippen LogP) is 1.42. The van der Waals surface area contributed by atoms with Gasteiger partial charge in [0.25, 0.3) is 0 Å². The molecule has 2 aliphatic rings. The van der Waals surface area contributed by atoms with Crippen molar-refractivity contribution in [3.05, 3.63) is 35.9 Å². The molecule has 0 aliphatic carbocycles. The van der Waals surface area contributed by atoms with Crippen LogP contribution in [0, 0.1) is 0 Å². The van der Waals surface area contributed by atoms with E-state index in [1.165, 1.54) is 5.56 Å². The standard InChI is InChI=1S/C14H19NO3S/c16-19(17)10-6-14(7-11-19)15(8-9-18-14)12-13-4-2-1-3-5-13/h1-5H,6-12H2. The van der Waals surface area contributed by atoms with E-state index in [-0.39, 0.29) is 17.2 Å². The van der Waals surface area contributed by atoms with E-state index in [0.717, 1.165) is 13.1 Å². The second-order valence-electron chi connectivity index (χ2n) is 5.35. The fraction of sp³-hybridized carbons (Fsp3) is 0.571. The minimum absolute atomic E-state index is 0.248. The smallest absolute Gasteiger partial charge is 0.150 e. The van der Waals surface area contributed by atoms with Crippen LogP contribution in [0.2, 0.25) is 0 Å². The topological polar surface area (TPSA) is 46.6 Å². The summed E-state index contributed by atoms with van der Waals surface area (Å²) in [5.74, 6) is 0.497. The van der Waals surface area contributed by atoms with Gasteiger partial charge in [-0.05, 0) is 5.56 Å². The highest BCUT2D eigenvalue weighted by molar-refractivity contribution is 7.91. The molecule has 3 rings (SSSR count). The lowest BCUT2D eigenvalue weighted by molar-refractivity contribution is -0.0922. The van der Waals surface area contributed by atoms with Gasteiger partial charge in [-0.3, -0.25) is 4.90 Å². The minimum atomic E-state index is -2.85. The molecule has 0 unspecified atom stereocenters. The Balaban J connectivity index is 1.75. The van der Waals surface area contributed by atoms with Gasteiger partial charge in [-0.1, -0.05) is 30.3 Å². The van der Waals surface area contributed by atoms with E-state index in [1.807, 2.05) is 18.2 Å². The average Bonchev–Trinajstić information content (AvgIpc) is 2.78. The van der Waals surface area contributed by atoms with Gasteiger partial charge < -0.3 is 4.74 Å². The van der Waals surface area contributed by atoms with Crippen LogP contribution < -0.4 is 0 Å². The number of nitrogens with zero attached hydrogens (tertiary/aromatic N) is 1. The summed E-state index contributed by atoms with van der Waals surface area (Å²) >= 11 is 0. The summed E-state index contributed by atoms with van der Waals surface area (Å²) in [6, 6.07) is 10.3. The molecule has 1 aromatic rings. The van der Waals surface area contributed by atoms with Crippen molar-refractivity contribution < 1.29 is 13.2 Å². The van der Waals surface area contributed by atoms with Crippen LogP contribution in [-0.2, 0) is 21.1 Å². The highest BCUT2D eigenvalue weighted by atomic mass is 32.2. The molecule has 2 saturated heterocycles. The Hall–Kier alpha value is -0.910. The van der Waals surface area contributed by atoms with Crippen LogP contribution in [0.5, 0.6) is 0 Å². The molecule has 5 heteroatoms. The van der Waals surface area contributed by atoms with E-state index in [9.17, 15) is 8.42 Å². The van der Waals surface area contributed by atoms with Crippen LogP contribution in [0.1, 0.15) is 18.4 Å². The molecule has 2 fully saturated rings. The second-order valence-corrected chi connectivity index (χ2v) is 7.66. The summed E-state index contributed by atoms with van der Waals surface area (Å²) in [5, 5.41) is 0. The first-order valence-electron chi connectivity index (χ1n) is 6.73. The third-order valence-corrected chi connectivity index (χ3v) is 5.78. The van der Waals surface area contributed by atoms with Crippen molar-refractivity contribution in [3.8, 4) is 0 Å². The third-order valence-electron chi connectivity index (χ3n) is 4.13. The van der Waals surface area contributed by atoms with Crippen molar-refractivity contribution in [3.63, 3.8) is 0 Å². The molecular formula is C14H19NO3S. The van der Waals surface area contributed by atoms with Crippen LogP contribution >= 0.6 is 0 Å². The van der Waals surface area contributed by atoms with Gasteiger partial charge in [-0.15, -0.1) is 0 Å². The number of hydrogen-bond acceptors (Lipinski definition) is 4. The van der Waals surface area contributed by atoms with Crippen LogP contribution in [-0.4, -0.2) is 43.7 Å². The molecule has 19 heavy (non-hydrogen) atoms. The van der Waals surface area contributed by atoms with E-state index >= 15 is 0 Å². The quantitative estimate of drug-likeness (QED) is 0.822. The highest BCUT2D eigenvalue weighted by Crippen LogP contribution is 2.35. The summed E-state index contributed by atoms with van der Waals surface area (Å²) in [6.45, 7) is 2.42. The molecule has 0 atom stereocenters. The van der Waals surface area contributed by atoms with Gasteiger partial charge in [0.2, 0.25) is 0 Å². The SMILES string of the molecule is O=S1(=O)CCC2(CC1)OCCN2Cc1ccccc1. The molecule has 0 radical (unpaired) electrons. The summed E-state index contributed by atoms with van der Waals surface area (Å²) in [7, 11) is -2.85. The lowest BCUT2D eigenvalue weighted by Gasteiger charge is -2.39. The molecule has 0 amide bonds. The van der Waals surface area contributed by atoms with Crippen molar-refractivity contribution in [1.29, 1.82) is 0 Å². The molecule has 0 saturated carbocycles. The zero-order valence-corrected chi connectivity index (χ0v) is 11.7. The van der Waals surface area contributed by atoms with Crippen molar-refractivity contribution >= 4 is 9.84 Å². The van der Waals surface area contributed by atoms with E-state index in [4.69, 9.17) is 4.74 Å². The Morgan fingerprint density at radius 2 is 1.84 bits per heavy atom. The molecule has 0 N–H and O–H groups in total. The molecule has 2 aliphatic heterocycles. The van der Waals surface area contributed by atoms with Crippen LogP contribution in [0.25, 0.3) is 0 Å². The fourth-order valence-corrected chi connectivity index (χ4v) is 4.45. The monoisotopic (exact) mass is 281 g/mol. The normalized spacial score (nSPS) is 25.7. The maximum absolute atomic E-state index is 11.6. The third kappa shape index (κ3) is 2.68. The zero-order valence-electron chi connectivity index (χ0n) is 10.9. The van der Waals surface area contributed by atoms with Gasteiger partial charge in [0, 0.05) is 25.9 Å². The largest absolute Gasteiger partial charge is 0.359 e. The van der Waals surface area contributed by atoms with E-state index in [0.29, 0.717) is 19.4 Å². The molecule has 4 nitrogen and oxygen atoms in total. The van der Waals surface area contributed by atoms with E-state index in [1.54, 1.807) is 0 Å². The molecule has 0 aromatic heterocycles. The molecule has 2 heterocycles. The Morgan fingerprint density at radius 3 is 2.53 bits per heavy atom. The van der Waals surface area contributed by atoms with Crippen molar-refractivity contribution in [1.82, 2.24) is 4.90 Å². The van der Waals surface area contributed by atoms with Gasteiger partial charge in [0.1, 0.15) is 5.72 Å². The number of sulfone groups is 1. The molecule has 1 aromatic carbocycles. The highest BCUT2D eigenvalue weighted by Gasteiger charge is 2.46. The first-order chi connectivity index (χ1) is 9.10. The maximum atomic E-state index is 11.6. The zero-order chi connectivity index (χ0) is 13.3. The van der Waals surface area contributed by atoms with Crippen molar-refractivity contribution in [2.75, 3.05) is 24.7 Å². The lowest BCUT2D eigenvalue weighted by atomic mass is 10.0. The van der Waals surface area contributed by atoms with Crippen molar-refractivity contribution in [2.45, 2.75) is 25.1 Å². The number of rotatable bonds is 2. The van der Waals surface area contributed by atoms with Crippen molar-refractivity contribution in [2.24, 2.45) is 0 Å². The summed E-state index contributed by atoms with van der Waals surface area (Å²) < 4.78 is 29.1. The Bertz CT molecular complexity index is 527. The van der Waals surface area contributed by atoms with E-state index in [2.05, 4.69) is 17.0 Å². The maximum Gasteiger partial charge on any atom is 0.150 e. The summed E-state index contributed by atoms with van der Waals surface area (Å²) in [6.07, 6.45) is 1.20. The predicted molar refractivity (Wildman–Crippen MR) is 73.4 cm³/mol. The van der Waals surface area contributed by atoms with Gasteiger partial charge in [0.15, 0.2) is 9.84 Å². The fourth-order valence-electron chi connectivity index (χ4n) is 2.99. The first-order valence-corrected chi connectivity index (χ1v) is 8.55. The van der Waals surface area contributed by atoms with E-state index < -0.39 is 9.84 Å². The van der Waals surface area contributed by atoms with Crippen LogP contribution in [0.3, 0.4) is 0 Å². The number of hydrogen-bond donors (Lipinski definition) is 0. The van der Waals surface area contributed by atoms with Crippen LogP contribution in [0.15, 0.2) is 30.3 Å². The lowest BCUT2D eigenvalue weighted by Crippen LogP contribution is -2.50. The summed E-state index contributed by atoms with van der Waals surface area (Å²) in [5.41, 5.74) is 0.905. The van der Waals surface area contributed by atoms with Gasteiger partial charge in [-0.2, -0.15) is 0 Å². The Morgan fingerprint density at radius 1 is 1.16 bits per heavy atom. The molecular weight excluding hydrogens is 262 g/mol. The number of benzene rings is 1. The molecule has 1 spiro atoms. The molecule has 0 bridgehead atoms. The molecule has 104 valence electrons. The van der Waals surface area contributed by atoms with Gasteiger partial charge >= 0.3 is 0 Å².